The highest BCUT2D eigenvalue weighted by molar-refractivity contribution is 7.58. The number of benzene rings is 10. The predicted molar refractivity (Wildman–Crippen MR) is 269 cm³/mol. The fraction of sp³-hybridized carbons (Fsp3) is 0.0690. The lowest BCUT2D eigenvalue weighted by Crippen LogP contribution is -2.60. The Balaban J connectivity index is 0.000000578. The van der Waals surface area contributed by atoms with Crippen LogP contribution in [-0.4, -0.2) is 11.6 Å². The first-order chi connectivity index (χ1) is 31.7. The molecule has 0 aliphatic carbocycles. The van der Waals surface area contributed by atoms with Gasteiger partial charge in [-0.3, -0.25) is 0 Å². The SMILES string of the molecule is CC(C)=O.CC(C)=O.c1ccc(-c2cc3ccccc3c3c2[N-][P@@]2(=[NH+]c4ccc5ccccc5c4-c4c(ccc5ccccc45)O2)Oc2c(-c4ccccc4)cc4ccccc4c2-3)cc1. The number of Topliss-reactive ketones (excluding diaryl/α,β-unsaturated/α-hetero) is 2. The number of nitrogens with one attached hydrogen (secondary N) is 1. The van der Waals surface area contributed by atoms with Crippen molar-refractivity contribution in [3.05, 3.63) is 199 Å². The molecule has 0 unspecified atom stereocenters. The zero-order valence-electron chi connectivity index (χ0n) is 36.5. The molecule has 0 saturated carbocycles. The fourth-order valence-electron chi connectivity index (χ4n) is 8.93. The van der Waals surface area contributed by atoms with Gasteiger partial charge in [-0.1, -0.05) is 164 Å². The number of nitrogens with zero attached hydrogens (tertiary/aromatic N) is 1. The molecule has 12 rings (SSSR count). The third-order valence-electron chi connectivity index (χ3n) is 11.4. The standard InChI is InChI=1S/C52H32N2O2P.2C3H6O/c1-3-15-33(16-4-1)43-31-37-21-9-13-25-41(37)49-50-42-26-14-10-22-38(42)32-44(34-17-5-2-6-18-34)52(50)56-57(54-51(43)49)53-45-29-27-35-19-7-11-23-39(35)47(45)48-40-24-12-8-20-36(40)28-30-46(48)55-57;2*1-3(2)4/h1-32H;2*1-2H3/q-1;;/p+1/t57-;;/m1../s1. The van der Waals surface area contributed by atoms with Gasteiger partial charge in [-0.25, -0.2) is 0 Å². The van der Waals surface area contributed by atoms with Crippen LogP contribution >= 0.6 is 7.66 Å². The molecule has 316 valence electrons. The lowest BCUT2D eigenvalue weighted by atomic mass is 9.86. The lowest BCUT2D eigenvalue weighted by Gasteiger charge is -2.32. The molecular weight excluding hydrogens is 820 g/mol. The van der Waals surface area contributed by atoms with Gasteiger partial charge < -0.3 is 23.7 Å². The summed E-state index contributed by atoms with van der Waals surface area (Å²) in [6.45, 7) is 6.11. The van der Waals surface area contributed by atoms with E-state index >= 15 is 0 Å². The van der Waals surface area contributed by atoms with E-state index in [1.54, 1.807) is 0 Å². The minimum Gasteiger partial charge on any atom is -0.537 e. The Kier molecular flexibility index (Phi) is 10.8. The smallest absolute Gasteiger partial charge is 0.409 e. The van der Waals surface area contributed by atoms with Gasteiger partial charge in [-0.2, -0.15) is 4.74 Å². The van der Waals surface area contributed by atoms with Crippen LogP contribution in [0.4, 0.5) is 11.4 Å². The van der Waals surface area contributed by atoms with Crippen LogP contribution in [0.15, 0.2) is 194 Å². The van der Waals surface area contributed by atoms with Crippen molar-refractivity contribution in [2.24, 2.45) is 0 Å². The number of hydrogen-bond acceptors (Lipinski definition) is 4. The quantitative estimate of drug-likeness (QED) is 0.176. The van der Waals surface area contributed by atoms with Crippen LogP contribution in [0.3, 0.4) is 0 Å². The molecule has 65 heavy (non-hydrogen) atoms. The van der Waals surface area contributed by atoms with E-state index in [2.05, 4.69) is 199 Å². The van der Waals surface area contributed by atoms with Crippen molar-refractivity contribution in [3.63, 3.8) is 0 Å². The Morgan fingerprint density at radius 3 is 1.43 bits per heavy atom. The number of rotatable bonds is 2. The first-order valence-corrected chi connectivity index (χ1v) is 23.3. The van der Waals surface area contributed by atoms with Crippen molar-refractivity contribution in [1.82, 2.24) is 0 Å². The first kappa shape index (κ1) is 41.2. The number of carbonyl (C=O) groups is 2. The molecule has 6 nitrogen and oxygen atoms in total. The van der Waals surface area contributed by atoms with Crippen LogP contribution in [0.1, 0.15) is 27.7 Å². The van der Waals surface area contributed by atoms with Crippen molar-refractivity contribution in [2.75, 3.05) is 0 Å². The van der Waals surface area contributed by atoms with E-state index in [1.165, 1.54) is 27.7 Å². The first-order valence-electron chi connectivity index (χ1n) is 21.7. The van der Waals surface area contributed by atoms with E-state index < -0.39 is 7.66 Å². The highest BCUT2D eigenvalue weighted by Crippen LogP contribution is 2.68. The minimum absolute atomic E-state index is 0.167. The lowest BCUT2D eigenvalue weighted by molar-refractivity contribution is -0.339. The van der Waals surface area contributed by atoms with Gasteiger partial charge in [0.2, 0.25) is 5.69 Å². The summed E-state index contributed by atoms with van der Waals surface area (Å²) in [5, 5.41) is 14.9. The molecule has 10 aromatic rings. The van der Waals surface area contributed by atoms with Crippen LogP contribution in [0, 0.1) is 0 Å². The second-order valence-electron chi connectivity index (χ2n) is 16.6. The van der Waals surface area contributed by atoms with Gasteiger partial charge in [0, 0.05) is 22.8 Å². The van der Waals surface area contributed by atoms with E-state index in [1.807, 2.05) is 0 Å². The zero-order valence-corrected chi connectivity index (χ0v) is 37.4. The average Bonchev–Trinajstić information content (AvgIpc) is 3.56. The number of ketones is 2. The van der Waals surface area contributed by atoms with Crippen LogP contribution in [0.2, 0.25) is 0 Å². The third-order valence-corrected chi connectivity index (χ3v) is 13.3. The van der Waals surface area contributed by atoms with E-state index in [9.17, 15) is 9.59 Å². The number of hydrogen-bond donors (Lipinski definition) is 1. The van der Waals surface area contributed by atoms with Crippen molar-refractivity contribution in [2.45, 2.75) is 27.7 Å². The fourth-order valence-corrected chi connectivity index (χ4v) is 11.0. The molecule has 1 N–H and O–H groups in total. The Morgan fingerprint density at radius 2 is 0.862 bits per heavy atom. The van der Waals surface area contributed by atoms with Gasteiger partial charge in [0.1, 0.15) is 23.1 Å². The van der Waals surface area contributed by atoms with Gasteiger partial charge in [-0.15, -0.1) is 5.69 Å². The van der Waals surface area contributed by atoms with Crippen molar-refractivity contribution in [3.8, 4) is 56.0 Å². The molecule has 1 atom stereocenters. The van der Waals surface area contributed by atoms with Crippen molar-refractivity contribution in [1.29, 1.82) is 0 Å². The molecule has 7 heteroatoms. The Labute approximate surface area is 378 Å². The number of fused-ring (bicyclic) bond motifs is 14. The van der Waals surface area contributed by atoms with E-state index in [0.717, 1.165) is 110 Å². The zero-order chi connectivity index (χ0) is 44.7. The molecule has 0 radical (unpaired) electrons. The Bertz CT molecular complexity index is 3410. The van der Waals surface area contributed by atoms with E-state index in [-0.39, 0.29) is 11.6 Å². The Hall–Kier alpha value is -7.79. The maximum atomic E-state index is 9.44. The van der Waals surface area contributed by atoms with Crippen LogP contribution in [0.5, 0.6) is 11.5 Å². The molecule has 10 aromatic carbocycles. The minimum atomic E-state index is -3.53. The van der Waals surface area contributed by atoms with Gasteiger partial charge in [-0.05, 0) is 117 Å². The third kappa shape index (κ3) is 7.73. The molecule has 0 amide bonds. The summed E-state index contributed by atoms with van der Waals surface area (Å²) < 4.78 is 19.2. The summed E-state index contributed by atoms with van der Waals surface area (Å²) in [6.07, 6.45) is 0. The van der Waals surface area contributed by atoms with E-state index in [4.69, 9.17) is 14.1 Å². The predicted octanol–water partition coefficient (Wildman–Crippen LogP) is 15.3. The maximum Gasteiger partial charge on any atom is 0.409 e. The number of carbonyl (C=O) groups excluding carboxylic acids is 2. The second kappa shape index (κ2) is 17.1. The second-order valence-corrected chi connectivity index (χ2v) is 18.4. The van der Waals surface area contributed by atoms with Gasteiger partial charge in [0.25, 0.3) is 0 Å². The molecule has 0 fully saturated rings. The van der Waals surface area contributed by atoms with Crippen molar-refractivity contribution >= 4 is 73.7 Å². The van der Waals surface area contributed by atoms with Gasteiger partial charge >= 0.3 is 7.66 Å². The van der Waals surface area contributed by atoms with Crippen LogP contribution < -0.4 is 13.8 Å². The summed E-state index contributed by atoms with van der Waals surface area (Å²) in [5.74, 6) is 1.80. The topological polar surface area (TPSA) is 80.7 Å². The van der Waals surface area contributed by atoms with Gasteiger partial charge in [0.15, 0.2) is 0 Å². The summed E-state index contributed by atoms with van der Waals surface area (Å²) in [5.41, 5.74) is 9.99. The van der Waals surface area contributed by atoms with Crippen LogP contribution in [0.25, 0.3) is 92.7 Å². The summed E-state index contributed by atoms with van der Waals surface area (Å²) in [7, 11) is -3.53. The summed E-state index contributed by atoms with van der Waals surface area (Å²) in [4.78, 5) is 18.9. The molecule has 0 saturated heterocycles. The highest BCUT2D eigenvalue weighted by atomic mass is 31.2. The van der Waals surface area contributed by atoms with E-state index in [0.29, 0.717) is 0 Å². The normalized spacial score (nSPS) is 14.2. The molecule has 0 aromatic heterocycles. The van der Waals surface area contributed by atoms with Crippen molar-refractivity contribution < 1.29 is 23.4 Å². The molecule has 2 heterocycles. The summed E-state index contributed by atoms with van der Waals surface area (Å²) >= 11 is 0. The molecule has 1 spiro atoms. The van der Waals surface area contributed by atoms with Crippen LogP contribution in [-0.2, 0) is 9.59 Å². The largest absolute Gasteiger partial charge is 0.537 e. The Morgan fingerprint density at radius 1 is 0.431 bits per heavy atom. The van der Waals surface area contributed by atoms with Gasteiger partial charge in [0.05, 0.1) is 5.56 Å². The molecular formula is C58H45N2O4P. The summed E-state index contributed by atoms with van der Waals surface area (Å²) in [6, 6.07) is 68.6. The monoisotopic (exact) mass is 864 g/mol. The molecule has 2 aliphatic rings. The highest BCUT2D eigenvalue weighted by Gasteiger charge is 2.38. The average molecular weight is 865 g/mol. The maximum absolute atomic E-state index is 9.44. The molecule has 2 aliphatic heterocycles. The molecule has 0 bridgehead atoms.